The second kappa shape index (κ2) is 11.8. The summed E-state index contributed by atoms with van der Waals surface area (Å²) in [6.07, 6.45) is 0.870. The molecule has 164 valence electrons. The van der Waals surface area contributed by atoms with Gasteiger partial charge < -0.3 is 19.5 Å². The standard InChI is InChI=1S/C25H27Cl2NO3/c1-3-30-24-15-18(16-28-13-12-19-8-5-7-11-23(19)29-2)14-22(27)25(24)31-17-20-9-4-6-10-21(20)26/h4-11,14-15,28H,3,12-13,16-17H2,1-2H3. The van der Waals surface area contributed by atoms with E-state index in [0.29, 0.717) is 41.3 Å². The molecule has 0 saturated heterocycles. The Morgan fingerprint density at radius 1 is 0.839 bits per heavy atom. The number of ether oxygens (including phenoxy) is 3. The van der Waals surface area contributed by atoms with Crippen LogP contribution in [0.4, 0.5) is 0 Å². The van der Waals surface area contributed by atoms with Crippen LogP contribution in [0, 0.1) is 0 Å². The molecule has 0 spiro atoms. The molecule has 0 atom stereocenters. The summed E-state index contributed by atoms with van der Waals surface area (Å²) in [5, 5.41) is 4.63. The van der Waals surface area contributed by atoms with Gasteiger partial charge in [-0.15, -0.1) is 0 Å². The maximum atomic E-state index is 6.54. The molecule has 0 amide bonds. The van der Waals surface area contributed by atoms with E-state index in [-0.39, 0.29) is 0 Å². The third-order valence-electron chi connectivity index (χ3n) is 4.79. The predicted molar refractivity (Wildman–Crippen MR) is 127 cm³/mol. The second-order valence-corrected chi connectivity index (χ2v) is 7.77. The van der Waals surface area contributed by atoms with Gasteiger partial charge in [-0.25, -0.2) is 0 Å². The fraction of sp³-hybridized carbons (Fsp3) is 0.280. The van der Waals surface area contributed by atoms with Crippen molar-refractivity contribution in [2.24, 2.45) is 0 Å². The quantitative estimate of drug-likeness (QED) is 0.341. The van der Waals surface area contributed by atoms with Gasteiger partial charge in [0.15, 0.2) is 11.5 Å². The molecule has 1 N–H and O–H groups in total. The highest BCUT2D eigenvalue weighted by Crippen LogP contribution is 2.37. The molecule has 0 saturated carbocycles. The van der Waals surface area contributed by atoms with Crippen LogP contribution in [0.2, 0.25) is 10.0 Å². The summed E-state index contributed by atoms with van der Waals surface area (Å²) in [6, 6.07) is 19.5. The molecule has 31 heavy (non-hydrogen) atoms. The number of halogens is 2. The summed E-state index contributed by atoms with van der Waals surface area (Å²) in [4.78, 5) is 0. The lowest BCUT2D eigenvalue weighted by Crippen LogP contribution is -2.17. The van der Waals surface area contributed by atoms with E-state index in [9.17, 15) is 0 Å². The van der Waals surface area contributed by atoms with Gasteiger partial charge in [-0.2, -0.15) is 0 Å². The van der Waals surface area contributed by atoms with Crippen molar-refractivity contribution < 1.29 is 14.2 Å². The normalized spacial score (nSPS) is 10.7. The highest BCUT2D eigenvalue weighted by atomic mass is 35.5. The monoisotopic (exact) mass is 459 g/mol. The molecule has 0 radical (unpaired) electrons. The zero-order valence-corrected chi connectivity index (χ0v) is 19.3. The van der Waals surface area contributed by atoms with Crippen LogP contribution in [0.5, 0.6) is 17.2 Å². The van der Waals surface area contributed by atoms with Crippen molar-refractivity contribution in [1.29, 1.82) is 0 Å². The Morgan fingerprint density at radius 3 is 2.32 bits per heavy atom. The third kappa shape index (κ3) is 6.54. The fourth-order valence-corrected chi connectivity index (χ4v) is 3.74. The number of para-hydroxylation sites is 1. The van der Waals surface area contributed by atoms with Gasteiger partial charge in [0.1, 0.15) is 12.4 Å². The molecule has 4 nitrogen and oxygen atoms in total. The minimum atomic E-state index is 0.315. The van der Waals surface area contributed by atoms with E-state index in [2.05, 4.69) is 11.4 Å². The number of rotatable bonds is 11. The lowest BCUT2D eigenvalue weighted by molar-refractivity contribution is 0.269. The Kier molecular flexibility index (Phi) is 8.89. The molecule has 0 aliphatic heterocycles. The molecule has 3 aromatic carbocycles. The summed E-state index contributed by atoms with van der Waals surface area (Å²) >= 11 is 12.8. The number of nitrogens with one attached hydrogen (secondary N) is 1. The van der Waals surface area contributed by atoms with Gasteiger partial charge in [0.25, 0.3) is 0 Å². The van der Waals surface area contributed by atoms with E-state index in [1.165, 1.54) is 5.56 Å². The first-order valence-electron chi connectivity index (χ1n) is 10.3. The molecule has 0 bridgehead atoms. The maximum Gasteiger partial charge on any atom is 0.180 e. The van der Waals surface area contributed by atoms with Crippen molar-refractivity contribution in [1.82, 2.24) is 5.32 Å². The van der Waals surface area contributed by atoms with Crippen LogP contribution >= 0.6 is 23.2 Å². The van der Waals surface area contributed by atoms with Crippen molar-refractivity contribution >= 4 is 23.2 Å². The van der Waals surface area contributed by atoms with Crippen molar-refractivity contribution in [3.63, 3.8) is 0 Å². The van der Waals surface area contributed by atoms with Gasteiger partial charge in [-0.05, 0) is 55.3 Å². The van der Waals surface area contributed by atoms with Gasteiger partial charge in [-0.1, -0.05) is 59.6 Å². The van der Waals surface area contributed by atoms with Gasteiger partial charge >= 0.3 is 0 Å². The van der Waals surface area contributed by atoms with Crippen LogP contribution in [0.1, 0.15) is 23.6 Å². The molecule has 6 heteroatoms. The van der Waals surface area contributed by atoms with Crippen molar-refractivity contribution in [3.8, 4) is 17.2 Å². The van der Waals surface area contributed by atoms with Crippen molar-refractivity contribution in [2.75, 3.05) is 20.3 Å². The molecule has 3 aromatic rings. The molecule has 3 rings (SSSR count). The lowest BCUT2D eigenvalue weighted by Gasteiger charge is -2.16. The SMILES string of the molecule is CCOc1cc(CNCCc2ccccc2OC)cc(Cl)c1OCc1ccccc1Cl. The molecule has 0 unspecified atom stereocenters. The Hall–Kier alpha value is -2.40. The van der Waals surface area contributed by atoms with Gasteiger partial charge in [0.05, 0.1) is 18.7 Å². The summed E-state index contributed by atoms with van der Waals surface area (Å²) in [5.74, 6) is 2.07. The molecule has 0 fully saturated rings. The third-order valence-corrected chi connectivity index (χ3v) is 5.44. The largest absolute Gasteiger partial charge is 0.496 e. The number of hydrogen-bond acceptors (Lipinski definition) is 4. The summed E-state index contributed by atoms with van der Waals surface area (Å²) < 4.78 is 17.2. The minimum Gasteiger partial charge on any atom is -0.496 e. The predicted octanol–water partition coefficient (Wildman–Crippen LogP) is 6.31. The first-order chi connectivity index (χ1) is 15.1. The maximum absolute atomic E-state index is 6.54. The van der Waals surface area contributed by atoms with E-state index in [4.69, 9.17) is 37.4 Å². The summed E-state index contributed by atoms with van der Waals surface area (Å²) in [7, 11) is 1.69. The molecule has 0 heterocycles. The zero-order valence-electron chi connectivity index (χ0n) is 17.8. The number of benzene rings is 3. The van der Waals surface area contributed by atoms with Gasteiger partial charge in [0, 0.05) is 17.1 Å². The fourth-order valence-electron chi connectivity index (χ4n) is 3.26. The van der Waals surface area contributed by atoms with Crippen LogP contribution in [-0.2, 0) is 19.6 Å². The molecular formula is C25H27Cl2NO3. The number of methoxy groups -OCH3 is 1. The van der Waals surface area contributed by atoms with Crippen LogP contribution < -0.4 is 19.5 Å². The van der Waals surface area contributed by atoms with E-state index in [1.807, 2.05) is 61.5 Å². The van der Waals surface area contributed by atoms with E-state index < -0.39 is 0 Å². The van der Waals surface area contributed by atoms with E-state index >= 15 is 0 Å². The summed E-state index contributed by atoms with van der Waals surface area (Å²) in [6.45, 7) is 4.25. The Morgan fingerprint density at radius 2 is 1.58 bits per heavy atom. The van der Waals surface area contributed by atoms with E-state index in [1.54, 1.807) is 7.11 Å². The second-order valence-electron chi connectivity index (χ2n) is 6.96. The number of hydrogen-bond donors (Lipinski definition) is 1. The smallest absolute Gasteiger partial charge is 0.180 e. The van der Waals surface area contributed by atoms with Gasteiger partial charge in [-0.3, -0.25) is 0 Å². The first kappa shape index (κ1) is 23.3. The summed E-state index contributed by atoms with van der Waals surface area (Å²) in [5.41, 5.74) is 3.09. The lowest BCUT2D eigenvalue weighted by atomic mass is 10.1. The molecule has 0 aromatic heterocycles. The molecular weight excluding hydrogens is 433 g/mol. The Labute approximate surface area is 194 Å². The highest BCUT2D eigenvalue weighted by molar-refractivity contribution is 6.32. The van der Waals surface area contributed by atoms with Crippen LogP contribution in [0.15, 0.2) is 60.7 Å². The van der Waals surface area contributed by atoms with Gasteiger partial charge in [0.2, 0.25) is 0 Å². The van der Waals surface area contributed by atoms with Crippen molar-refractivity contribution in [3.05, 3.63) is 87.4 Å². The minimum absolute atomic E-state index is 0.315. The van der Waals surface area contributed by atoms with Crippen LogP contribution in [0.3, 0.4) is 0 Å². The Balaban J connectivity index is 1.63. The average Bonchev–Trinajstić information content (AvgIpc) is 2.77. The molecule has 0 aliphatic carbocycles. The zero-order chi connectivity index (χ0) is 22.1. The topological polar surface area (TPSA) is 39.7 Å². The van der Waals surface area contributed by atoms with Crippen molar-refractivity contribution in [2.45, 2.75) is 26.5 Å². The van der Waals surface area contributed by atoms with Crippen LogP contribution in [0.25, 0.3) is 0 Å². The molecule has 0 aliphatic rings. The Bertz CT molecular complexity index is 994. The van der Waals surface area contributed by atoms with E-state index in [0.717, 1.165) is 29.8 Å². The highest BCUT2D eigenvalue weighted by Gasteiger charge is 2.14. The first-order valence-corrected chi connectivity index (χ1v) is 11.0. The van der Waals surface area contributed by atoms with Crippen LogP contribution in [-0.4, -0.2) is 20.3 Å². The average molecular weight is 460 g/mol.